The van der Waals surface area contributed by atoms with Crippen molar-refractivity contribution in [3.05, 3.63) is 28.0 Å². The molecule has 20 heavy (non-hydrogen) atoms. The van der Waals surface area contributed by atoms with E-state index < -0.39 is 15.8 Å². The zero-order chi connectivity index (χ0) is 14.5. The Kier molecular flexibility index (Phi) is 3.64. The maximum Gasteiger partial charge on any atom is 0.246 e. The second-order valence-electron chi connectivity index (χ2n) is 5.49. The van der Waals surface area contributed by atoms with Crippen LogP contribution in [0.4, 0.5) is 4.39 Å². The fourth-order valence-electron chi connectivity index (χ4n) is 3.25. The van der Waals surface area contributed by atoms with Crippen molar-refractivity contribution in [2.75, 3.05) is 6.54 Å². The van der Waals surface area contributed by atoms with Gasteiger partial charge in [-0.25, -0.2) is 12.8 Å². The van der Waals surface area contributed by atoms with Crippen molar-refractivity contribution in [1.82, 2.24) is 4.31 Å². The summed E-state index contributed by atoms with van der Waals surface area (Å²) in [4.78, 5) is -0.264. The molecule has 4 nitrogen and oxygen atoms in total. The number of benzene rings is 1. The minimum Gasteiger partial charge on any atom is -0.326 e. The van der Waals surface area contributed by atoms with Gasteiger partial charge in [0, 0.05) is 29.2 Å². The molecule has 2 fully saturated rings. The van der Waals surface area contributed by atoms with Gasteiger partial charge in [0.2, 0.25) is 10.0 Å². The van der Waals surface area contributed by atoms with Gasteiger partial charge in [-0.05, 0) is 37.3 Å². The number of nitrogens with zero attached hydrogens (tertiary/aromatic N) is 1. The zero-order valence-electron chi connectivity index (χ0n) is 10.9. The van der Waals surface area contributed by atoms with Gasteiger partial charge in [-0.15, -0.1) is 0 Å². The molecule has 3 rings (SSSR count). The van der Waals surface area contributed by atoms with Gasteiger partial charge in [-0.1, -0.05) is 15.9 Å². The van der Waals surface area contributed by atoms with E-state index in [1.807, 2.05) is 0 Å². The number of piperidine rings is 1. The molecule has 2 atom stereocenters. The lowest BCUT2D eigenvalue weighted by Crippen LogP contribution is -2.38. The average Bonchev–Trinajstić information content (AvgIpc) is 3.03. The Bertz CT molecular complexity index is 650. The van der Waals surface area contributed by atoms with E-state index in [1.54, 1.807) is 0 Å². The lowest BCUT2D eigenvalue weighted by molar-refractivity contribution is 0.332. The number of sulfonamides is 1. The van der Waals surface area contributed by atoms with Crippen LogP contribution in [0, 0.1) is 11.7 Å². The number of fused-ring (bicyclic) bond motifs is 2. The molecule has 2 unspecified atom stereocenters. The fraction of sp³-hybridized carbons (Fsp3) is 0.538. The molecule has 0 radical (unpaired) electrons. The van der Waals surface area contributed by atoms with Crippen LogP contribution < -0.4 is 5.73 Å². The summed E-state index contributed by atoms with van der Waals surface area (Å²) in [6, 6.07) is 2.88. The van der Waals surface area contributed by atoms with Gasteiger partial charge in [0.15, 0.2) is 0 Å². The Hall–Kier alpha value is -0.500. The average molecular weight is 363 g/mol. The highest BCUT2D eigenvalue weighted by atomic mass is 79.9. The third-order valence-corrected chi connectivity index (χ3v) is 6.62. The molecule has 1 aromatic rings. The van der Waals surface area contributed by atoms with Crippen molar-refractivity contribution in [3.8, 4) is 0 Å². The number of halogens is 2. The highest BCUT2D eigenvalue weighted by molar-refractivity contribution is 9.10. The fourth-order valence-corrected chi connectivity index (χ4v) is 5.79. The first-order valence-electron chi connectivity index (χ1n) is 6.63. The minimum absolute atomic E-state index is 0.0279. The van der Waals surface area contributed by atoms with Crippen LogP contribution >= 0.6 is 15.9 Å². The van der Waals surface area contributed by atoms with E-state index in [1.165, 1.54) is 16.4 Å². The number of hydrogen-bond acceptors (Lipinski definition) is 3. The van der Waals surface area contributed by atoms with Gasteiger partial charge in [0.1, 0.15) is 10.7 Å². The van der Waals surface area contributed by atoms with Crippen LogP contribution in [0.15, 0.2) is 21.5 Å². The molecule has 1 aliphatic carbocycles. The zero-order valence-corrected chi connectivity index (χ0v) is 13.3. The topological polar surface area (TPSA) is 63.4 Å². The van der Waals surface area contributed by atoms with Crippen molar-refractivity contribution >= 4 is 26.0 Å². The Labute approximate surface area is 126 Å². The molecule has 110 valence electrons. The summed E-state index contributed by atoms with van der Waals surface area (Å²) in [6.07, 6.45) is 2.85. The van der Waals surface area contributed by atoms with Crippen molar-refractivity contribution in [3.63, 3.8) is 0 Å². The van der Waals surface area contributed by atoms with E-state index in [0.29, 0.717) is 16.9 Å². The van der Waals surface area contributed by atoms with Crippen molar-refractivity contribution in [2.45, 2.75) is 36.7 Å². The molecule has 2 N–H and O–H groups in total. The van der Waals surface area contributed by atoms with Crippen molar-refractivity contribution in [2.24, 2.45) is 11.7 Å². The summed E-state index contributed by atoms with van der Waals surface area (Å²) in [5.41, 5.74) is 5.69. The maximum absolute atomic E-state index is 14.3. The highest BCUT2D eigenvalue weighted by Crippen LogP contribution is 2.41. The lowest BCUT2D eigenvalue weighted by Gasteiger charge is -2.26. The monoisotopic (exact) mass is 362 g/mol. The van der Waals surface area contributed by atoms with E-state index in [0.717, 1.165) is 19.3 Å². The molecule has 1 heterocycles. The van der Waals surface area contributed by atoms with Gasteiger partial charge in [0.25, 0.3) is 0 Å². The number of hydrogen-bond donors (Lipinski definition) is 1. The molecule has 0 aromatic heterocycles. The second-order valence-corrected chi connectivity index (χ2v) is 8.26. The van der Waals surface area contributed by atoms with E-state index in [9.17, 15) is 12.8 Å². The molecular formula is C13H16BrFN2O2S. The SMILES string of the molecule is NCc1cc(Br)cc(S(=O)(=O)N2CC3CCC2C3)c1F. The molecular weight excluding hydrogens is 347 g/mol. The molecule has 1 aliphatic heterocycles. The lowest BCUT2D eigenvalue weighted by atomic mass is 10.1. The van der Waals surface area contributed by atoms with E-state index in [-0.39, 0.29) is 23.0 Å². The maximum atomic E-state index is 14.3. The van der Waals surface area contributed by atoms with Gasteiger partial charge in [-0.3, -0.25) is 0 Å². The Morgan fingerprint density at radius 3 is 2.70 bits per heavy atom. The Morgan fingerprint density at radius 2 is 2.15 bits per heavy atom. The largest absolute Gasteiger partial charge is 0.326 e. The molecule has 1 saturated heterocycles. The molecule has 2 bridgehead atoms. The van der Waals surface area contributed by atoms with Gasteiger partial charge in [0.05, 0.1) is 0 Å². The quantitative estimate of drug-likeness (QED) is 0.896. The van der Waals surface area contributed by atoms with Crippen LogP contribution in [0.1, 0.15) is 24.8 Å². The summed E-state index contributed by atoms with van der Waals surface area (Å²) in [5.74, 6) is -0.294. The van der Waals surface area contributed by atoms with Crippen LogP contribution in [0.5, 0.6) is 0 Å². The summed E-state index contributed by atoms with van der Waals surface area (Å²) in [7, 11) is -3.78. The normalized spacial score (nSPS) is 26.4. The number of rotatable bonds is 3. The predicted octanol–water partition coefficient (Wildman–Crippen LogP) is 2.22. The predicted molar refractivity (Wildman–Crippen MR) is 77.0 cm³/mol. The summed E-state index contributed by atoms with van der Waals surface area (Å²) >= 11 is 3.22. The Morgan fingerprint density at radius 1 is 1.40 bits per heavy atom. The summed E-state index contributed by atoms with van der Waals surface area (Å²) < 4.78 is 41.7. The first kappa shape index (κ1) is 14.4. The molecule has 0 amide bonds. The molecule has 2 aliphatic rings. The summed E-state index contributed by atoms with van der Waals surface area (Å²) in [6.45, 7) is 0.483. The standard InChI is InChI=1S/C13H16BrFN2O2S/c14-10-4-9(6-16)13(15)12(5-10)20(18,19)17-7-8-1-2-11(17)3-8/h4-5,8,11H,1-3,6-7,16H2. The van der Waals surface area contributed by atoms with E-state index in [4.69, 9.17) is 5.73 Å². The van der Waals surface area contributed by atoms with Gasteiger partial charge < -0.3 is 5.73 Å². The van der Waals surface area contributed by atoms with Crippen LogP contribution in [-0.4, -0.2) is 25.3 Å². The van der Waals surface area contributed by atoms with E-state index in [2.05, 4.69) is 15.9 Å². The Balaban J connectivity index is 2.06. The van der Waals surface area contributed by atoms with Crippen LogP contribution in [0.25, 0.3) is 0 Å². The van der Waals surface area contributed by atoms with Crippen LogP contribution in [0.2, 0.25) is 0 Å². The third-order valence-electron chi connectivity index (χ3n) is 4.24. The summed E-state index contributed by atoms with van der Waals surface area (Å²) in [5, 5.41) is 0. The third kappa shape index (κ3) is 2.20. The van der Waals surface area contributed by atoms with E-state index >= 15 is 0 Å². The smallest absolute Gasteiger partial charge is 0.246 e. The molecule has 7 heteroatoms. The van der Waals surface area contributed by atoms with Crippen molar-refractivity contribution < 1.29 is 12.8 Å². The van der Waals surface area contributed by atoms with Crippen LogP contribution in [-0.2, 0) is 16.6 Å². The number of nitrogens with two attached hydrogens (primary N) is 1. The van der Waals surface area contributed by atoms with Crippen LogP contribution in [0.3, 0.4) is 0 Å². The van der Waals surface area contributed by atoms with Gasteiger partial charge in [-0.2, -0.15) is 4.31 Å². The first-order valence-corrected chi connectivity index (χ1v) is 8.86. The molecule has 0 spiro atoms. The molecule has 1 saturated carbocycles. The van der Waals surface area contributed by atoms with Gasteiger partial charge >= 0.3 is 0 Å². The molecule has 1 aromatic carbocycles. The highest BCUT2D eigenvalue weighted by Gasteiger charge is 2.45. The first-order chi connectivity index (χ1) is 9.43. The second kappa shape index (κ2) is 5.05. The minimum atomic E-state index is -3.78. The van der Waals surface area contributed by atoms with Crippen molar-refractivity contribution in [1.29, 1.82) is 0 Å².